The maximum Gasteiger partial charge on any atom is 0.159 e. The topological polar surface area (TPSA) is 41.9 Å². The molecule has 0 fully saturated rings. The van der Waals surface area contributed by atoms with Crippen molar-refractivity contribution in [3.8, 4) is 22.0 Å². The monoisotopic (exact) mass is 418 g/mol. The van der Waals surface area contributed by atoms with Crippen LogP contribution in [-0.4, -0.2) is 26.4 Å². The van der Waals surface area contributed by atoms with Crippen LogP contribution in [0, 0.1) is 0 Å². The second kappa shape index (κ2) is 8.03. The quantitative estimate of drug-likeness (QED) is 0.440. The highest BCUT2D eigenvalue weighted by Crippen LogP contribution is 2.28. The van der Waals surface area contributed by atoms with Gasteiger partial charge in [-0.3, -0.25) is 4.90 Å². The fourth-order valence-corrected chi connectivity index (χ4v) is 4.65. The Morgan fingerprint density at radius 1 is 0.931 bits per heavy atom. The van der Waals surface area contributed by atoms with Crippen LogP contribution in [0.25, 0.3) is 22.0 Å². The molecule has 5 rings (SSSR count). The van der Waals surface area contributed by atoms with Gasteiger partial charge < -0.3 is 0 Å². The molecule has 0 radical (unpaired) electrons. The number of benzene rings is 2. The number of hydrogen-bond donors (Lipinski definition) is 0. The van der Waals surface area contributed by atoms with Crippen molar-refractivity contribution in [1.29, 1.82) is 0 Å². The van der Waals surface area contributed by atoms with E-state index in [0.717, 1.165) is 53.2 Å². The minimum absolute atomic E-state index is 0.723. The number of aromatic nitrogens is 3. The van der Waals surface area contributed by atoms with E-state index in [-0.39, 0.29) is 0 Å². The molecule has 1 aliphatic heterocycles. The van der Waals surface area contributed by atoms with Crippen LogP contribution in [-0.2, 0) is 19.5 Å². The predicted molar refractivity (Wildman–Crippen MR) is 118 cm³/mol. The number of nitrogens with zero attached hydrogens (tertiary/aromatic N) is 4. The number of rotatable bonds is 4. The average Bonchev–Trinajstić information content (AvgIpc) is 3.23. The standard InChI is InChI=1S/C23H19ClN4S/c24-19-8-6-16(7-9-19)22-25-12-18-14-28(11-10-21(18)27-22)15-20-13-26-23(29-20)17-4-2-1-3-5-17/h1-9,12-13H,10-11,14-15H2. The lowest BCUT2D eigenvalue weighted by Crippen LogP contribution is -2.30. The molecule has 2 aromatic heterocycles. The van der Waals surface area contributed by atoms with Crippen LogP contribution in [0.1, 0.15) is 16.1 Å². The van der Waals surface area contributed by atoms with Gasteiger partial charge in [-0.25, -0.2) is 15.0 Å². The highest BCUT2D eigenvalue weighted by Gasteiger charge is 2.20. The van der Waals surface area contributed by atoms with Gasteiger partial charge in [0.05, 0.1) is 5.69 Å². The summed E-state index contributed by atoms with van der Waals surface area (Å²) in [4.78, 5) is 17.7. The summed E-state index contributed by atoms with van der Waals surface area (Å²) >= 11 is 7.75. The molecule has 0 aliphatic carbocycles. The van der Waals surface area contributed by atoms with E-state index < -0.39 is 0 Å². The molecular formula is C23H19ClN4S. The summed E-state index contributed by atoms with van der Waals surface area (Å²) in [5, 5.41) is 1.80. The van der Waals surface area contributed by atoms with Gasteiger partial charge in [-0.2, -0.15) is 0 Å². The van der Waals surface area contributed by atoms with Crippen LogP contribution in [0.2, 0.25) is 5.02 Å². The first kappa shape index (κ1) is 18.4. The third kappa shape index (κ3) is 4.08. The predicted octanol–water partition coefficient (Wildman–Crippen LogP) is 5.48. The van der Waals surface area contributed by atoms with E-state index in [1.165, 1.54) is 16.0 Å². The molecule has 1 aliphatic rings. The van der Waals surface area contributed by atoms with Gasteiger partial charge in [0, 0.05) is 65.0 Å². The molecule has 144 valence electrons. The summed E-state index contributed by atoms with van der Waals surface area (Å²) in [6, 6.07) is 18.0. The number of halogens is 1. The van der Waals surface area contributed by atoms with E-state index in [2.05, 4.69) is 39.1 Å². The Kier molecular flexibility index (Phi) is 5.10. The molecule has 0 amide bonds. The number of fused-ring (bicyclic) bond motifs is 1. The zero-order valence-electron chi connectivity index (χ0n) is 15.8. The van der Waals surface area contributed by atoms with Gasteiger partial charge in [-0.1, -0.05) is 41.9 Å². The van der Waals surface area contributed by atoms with Crippen molar-refractivity contribution in [3.63, 3.8) is 0 Å². The summed E-state index contributed by atoms with van der Waals surface area (Å²) in [6.45, 7) is 2.76. The molecule has 3 heterocycles. The van der Waals surface area contributed by atoms with Crippen molar-refractivity contribution >= 4 is 22.9 Å². The van der Waals surface area contributed by atoms with Gasteiger partial charge in [0.2, 0.25) is 0 Å². The maximum absolute atomic E-state index is 5.98. The lowest BCUT2D eigenvalue weighted by molar-refractivity contribution is 0.245. The summed E-state index contributed by atoms with van der Waals surface area (Å²) in [7, 11) is 0. The van der Waals surface area contributed by atoms with Crippen molar-refractivity contribution < 1.29 is 0 Å². The minimum atomic E-state index is 0.723. The molecule has 4 aromatic rings. The Balaban J connectivity index is 1.29. The van der Waals surface area contributed by atoms with E-state index in [1.807, 2.05) is 42.7 Å². The van der Waals surface area contributed by atoms with Gasteiger partial charge in [0.25, 0.3) is 0 Å². The van der Waals surface area contributed by atoms with E-state index in [4.69, 9.17) is 16.6 Å². The zero-order valence-corrected chi connectivity index (χ0v) is 17.3. The highest BCUT2D eigenvalue weighted by molar-refractivity contribution is 7.15. The van der Waals surface area contributed by atoms with E-state index >= 15 is 0 Å². The van der Waals surface area contributed by atoms with Crippen molar-refractivity contribution in [3.05, 3.63) is 88.1 Å². The normalized spacial score (nSPS) is 14.0. The SMILES string of the molecule is Clc1ccc(-c2ncc3c(n2)CCN(Cc2cnc(-c4ccccc4)s2)C3)cc1. The third-order valence-electron chi connectivity index (χ3n) is 5.07. The zero-order chi connectivity index (χ0) is 19.6. The van der Waals surface area contributed by atoms with Crippen LogP contribution < -0.4 is 0 Å². The average molecular weight is 419 g/mol. The van der Waals surface area contributed by atoms with Crippen LogP contribution in [0.5, 0.6) is 0 Å². The smallest absolute Gasteiger partial charge is 0.159 e. The van der Waals surface area contributed by atoms with Crippen LogP contribution >= 0.6 is 22.9 Å². The largest absolute Gasteiger partial charge is 0.293 e. The molecule has 0 bridgehead atoms. The maximum atomic E-state index is 5.98. The van der Waals surface area contributed by atoms with Crippen LogP contribution in [0.3, 0.4) is 0 Å². The minimum Gasteiger partial charge on any atom is -0.293 e. The summed E-state index contributed by atoms with van der Waals surface area (Å²) in [5.74, 6) is 0.767. The second-order valence-corrected chi connectivity index (χ2v) is 8.68. The molecule has 6 heteroatoms. The third-order valence-corrected chi connectivity index (χ3v) is 6.35. The molecule has 0 N–H and O–H groups in total. The van der Waals surface area contributed by atoms with Crippen molar-refractivity contribution in [2.45, 2.75) is 19.5 Å². The molecule has 0 saturated heterocycles. The van der Waals surface area contributed by atoms with Crippen LogP contribution in [0.15, 0.2) is 67.0 Å². The first-order valence-electron chi connectivity index (χ1n) is 9.58. The molecule has 0 spiro atoms. The highest BCUT2D eigenvalue weighted by atomic mass is 35.5. The molecule has 0 atom stereocenters. The van der Waals surface area contributed by atoms with Crippen LogP contribution in [0.4, 0.5) is 0 Å². The molecule has 2 aromatic carbocycles. The lowest BCUT2D eigenvalue weighted by Gasteiger charge is -2.27. The fraction of sp³-hybridized carbons (Fsp3) is 0.174. The summed E-state index contributed by atoms with van der Waals surface area (Å²) in [5.41, 5.74) is 4.53. The van der Waals surface area contributed by atoms with Gasteiger partial charge in [-0.05, 0) is 24.3 Å². The van der Waals surface area contributed by atoms with Gasteiger partial charge in [-0.15, -0.1) is 11.3 Å². The van der Waals surface area contributed by atoms with E-state index in [1.54, 1.807) is 11.3 Å². The Labute approximate surface area is 178 Å². The van der Waals surface area contributed by atoms with Crippen molar-refractivity contribution in [2.24, 2.45) is 0 Å². The molecule has 29 heavy (non-hydrogen) atoms. The van der Waals surface area contributed by atoms with Gasteiger partial charge in [0.1, 0.15) is 5.01 Å². The van der Waals surface area contributed by atoms with Crippen molar-refractivity contribution in [1.82, 2.24) is 19.9 Å². The summed E-state index contributed by atoms with van der Waals surface area (Å²) in [6.07, 6.45) is 4.91. The summed E-state index contributed by atoms with van der Waals surface area (Å²) < 4.78 is 0. The molecule has 0 unspecified atom stereocenters. The van der Waals surface area contributed by atoms with Crippen molar-refractivity contribution in [2.75, 3.05) is 6.54 Å². The first-order valence-corrected chi connectivity index (χ1v) is 10.8. The van der Waals surface area contributed by atoms with Gasteiger partial charge in [0.15, 0.2) is 5.82 Å². The fourth-order valence-electron chi connectivity index (χ4n) is 3.56. The number of thiazole rings is 1. The Morgan fingerprint density at radius 2 is 1.76 bits per heavy atom. The Morgan fingerprint density at radius 3 is 2.59 bits per heavy atom. The Bertz CT molecular complexity index is 1130. The molecule has 0 saturated carbocycles. The van der Waals surface area contributed by atoms with E-state index in [9.17, 15) is 0 Å². The van der Waals surface area contributed by atoms with E-state index in [0.29, 0.717) is 0 Å². The van der Waals surface area contributed by atoms with Gasteiger partial charge >= 0.3 is 0 Å². The second-order valence-electron chi connectivity index (χ2n) is 7.13. The first-order chi connectivity index (χ1) is 14.2. The lowest BCUT2D eigenvalue weighted by atomic mass is 10.1. The number of hydrogen-bond acceptors (Lipinski definition) is 5. The molecular weight excluding hydrogens is 400 g/mol. The molecule has 4 nitrogen and oxygen atoms in total. The Hall–Kier alpha value is -2.60.